The fourth-order valence-corrected chi connectivity index (χ4v) is 4.32. The van der Waals surface area contributed by atoms with Gasteiger partial charge < -0.3 is 29.6 Å². The van der Waals surface area contributed by atoms with Crippen LogP contribution < -0.4 is 30.3 Å². The SMILES string of the molecule is CCOC(=O)C1=C(C)NC(=O)N[C@@H]1c1ccc(OCC(=O)N/N=C/c2cccc(OCc3ccc(Cl)cc3)c2)c(OC)c1. The first-order valence-electron chi connectivity index (χ1n) is 13.3. The van der Waals surface area contributed by atoms with Crippen molar-refractivity contribution in [3.05, 3.63) is 99.7 Å². The van der Waals surface area contributed by atoms with Crippen LogP contribution in [0.4, 0.5) is 4.79 Å². The van der Waals surface area contributed by atoms with E-state index in [0.717, 1.165) is 11.1 Å². The van der Waals surface area contributed by atoms with Crippen LogP contribution in [-0.4, -0.2) is 44.4 Å². The lowest BCUT2D eigenvalue weighted by Gasteiger charge is -2.28. The molecule has 0 bridgehead atoms. The van der Waals surface area contributed by atoms with E-state index < -0.39 is 23.9 Å². The summed E-state index contributed by atoms with van der Waals surface area (Å²) in [6.07, 6.45) is 1.49. The number of urea groups is 1. The second-order valence-corrected chi connectivity index (χ2v) is 9.71. The predicted octanol–water partition coefficient (Wildman–Crippen LogP) is 4.65. The van der Waals surface area contributed by atoms with Crippen molar-refractivity contribution in [3.63, 3.8) is 0 Å². The topological polar surface area (TPSA) is 137 Å². The molecule has 43 heavy (non-hydrogen) atoms. The summed E-state index contributed by atoms with van der Waals surface area (Å²) in [6, 6.07) is 18.3. The molecule has 0 radical (unpaired) electrons. The highest BCUT2D eigenvalue weighted by atomic mass is 35.5. The minimum Gasteiger partial charge on any atom is -0.493 e. The number of carbonyl (C=O) groups excluding carboxylic acids is 3. The first kappa shape index (κ1) is 30.9. The van der Waals surface area contributed by atoms with Gasteiger partial charge >= 0.3 is 12.0 Å². The summed E-state index contributed by atoms with van der Waals surface area (Å²) in [5.41, 5.74) is 5.36. The van der Waals surface area contributed by atoms with E-state index in [1.54, 1.807) is 50.2 Å². The summed E-state index contributed by atoms with van der Waals surface area (Å²) in [5.74, 6) is 0.193. The number of ether oxygens (including phenoxy) is 4. The zero-order valence-electron chi connectivity index (χ0n) is 23.8. The third kappa shape index (κ3) is 8.49. The van der Waals surface area contributed by atoms with Crippen molar-refractivity contribution in [1.29, 1.82) is 0 Å². The molecule has 3 aromatic carbocycles. The monoisotopic (exact) mass is 606 g/mol. The number of rotatable bonds is 12. The van der Waals surface area contributed by atoms with E-state index in [-0.39, 0.29) is 24.5 Å². The molecule has 1 aliphatic heterocycles. The number of nitrogens with one attached hydrogen (secondary N) is 3. The number of hydrogen-bond donors (Lipinski definition) is 3. The number of benzene rings is 3. The molecule has 12 heteroatoms. The smallest absolute Gasteiger partial charge is 0.338 e. The second kappa shape index (κ2) is 14.7. The Labute approximate surface area is 253 Å². The molecule has 0 aliphatic carbocycles. The fraction of sp³-hybridized carbons (Fsp3) is 0.226. The number of esters is 1. The molecule has 3 aromatic rings. The number of carbonyl (C=O) groups is 3. The summed E-state index contributed by atoms with van der Waals surface area (Å²) in [5, 5.41) is 9.98. The van der Waals surface area contributed by atoms with Gasteiger partial charge in [-0.1, -0.05) is 41.9 Å². The van der Waals surface area contributed by atoms with Gasteiger partial charge in [0.05, 0.1) is 31.5 Å². The molecule has 11 nitrogen and oxygen atoms in total. The fourth-order valence-electron chi connectivity index (χ4n) is 4.19. The van der Waals surface area contributed by atoms with Gasteiger partial charge in [0.2, 0.25) is 0 Å². The molecule has 0 spiro atoms. The lowest BCUT2D eigenvalue weighted by Crippen LogP contribution is -2.45. The number of hydrogen-bond acceptors (Lipinski definition) is 8. The summed E-state index contributed by atoms with van der Waals surface area (Å²) in [6.45, 7) is 3.55. The highest BCUT2D eigenvalue weighted by Gasteiger charge is 2.32. The van der Waals surface area contributed by atoms with Crippen molar-refractivity contribution in [2.24, 2.45) is 5.10 Å². The average molecular weight is 607 g/mol. The van der Waals surface area contributed by atoms with Gasteiger partial charge in [0, 0.05) is 10.7 Å². The van der Waals surface area contributed by atoms with E-state index in [1.807, 2.05) is 30.3 Å². The number of methoxy groups -OCH3 is 1. The van der Waals surface area contributed by atoms with Crippen LogP contribution in [-0.2, 0) is 20.9 Å². The maximum atomic E-state index is 12.6. The average Bonchev–Trinajstić information content (AvgIpc) is 2.99. The summed E-state index contributed by atoms with van der Waals surface area (Å²) < 4.78 is 22.1. The van der Waals surface area contributed by atoms with Crippen molar-refractivity contribution in [2.45, 2.75) is 26.5 Å². The maximum Gasteiger partial charge on any atom is 0.338 e. The normalized spacial score (nSPS) is 14.5. The van der Waals surface area contributed by atoms with Crippen molar-refractivity contribution in [1.82, 2.24) is 16.1 Å². The molecular weight excluding hydrogens is 576 g/mol. The Hall–Kier alpha value is -5.03. The number of halogens is 1. The molecule has 1 atom stereocenters. The van der Waals surface area contributed by atoms with Gasteiger partial charge in [-0.05, 0) is 66.9 Å². The molecule has 0 saturated carbocycles. The highest BCUT2D eigenvalue weighted by Crippen LogP contribution is 2.34. The third-order valence-corrected chi connectivity index (χ3v) is 6.48. The van der Waals surface area contributed by atoms with Crippen LogP contribution in [0, 0.1) is 0 Å². The molecule has 224 valence electrons. The molecule has 1 aliphatic rings. The molecule has 3 N–H and O–H groups in total. The van der Waals surface area contributed by atoms with E-state index in [1.165, 1.54) is 13.3 Å². The Morgan fingerprint density at radius 1 is 1.05 bits per heavy atom. The number of allylic oxidation sites excluding steroid dienone is 1. The molecule has 0 fully saturated rings. The van der Waals surface area contributed by atoms with Gasteiger partial charge in [0.1, 0.15) is 12.4 Å². The Morgan fingerprint density at radius 2 is 1.84 bits per heavy atom. The Morgan fingerprint density at radius 3 is 2.58 bits per heavy atom. The molecular formula is C31H31ClN4O7. The van der Waals surface area contributed by atoms with Gasteiger partial charge in [-0.25, -0.2) is 15.0 Å². The maximum absolute atomic E-state index is 12.6. The van der Waals surface area contributed by atoms with Crippen molar-refractivity contribution in [3.8, 4) is 17.2 Å². The number of hydrazone groups is 1. The zero-order chi connectivity index (χ0) is 30.8. The summed E-state index contributed by atoms with van der Waals surface area (Å²) in [4.78, 5) is 37.1. The largest absolute Gasteiger partial charge is 0.493 e. The van der Waals surface area contributed by atoms with Crippen molar-refractivity contribution in [2.75, 3.05) is 20.3 Å². The summed E-state index contributed by atoms with van der Waals surface area (Å²) in [7, 11) is 1.44. The van der Waals surface area contributed by atoms with Crippen LogP contribution in [0.15, 0.2) is 83.1 Å². The van der Waals surface area contributed by atoms with E-state index in [0.29, 0.717) is 34.4 Å². The van der Waals surface area contributed by atoms with E-state index in [2.05, 4.69) is 21.2 Å². The zero-order valence-corrected chi connectivity index (χ0v) is 24.6. The molecule has 0 aromatic heterocycles. The molecule has 4 rings (SSSR count). The molecule has 0 saturated heterocycles. The predicted molar refractivity (Wildman–Crippen MR) is 160 cm³/mol. The highest BCUT2D eigenvalue weighted by molar-refractivity contribution is 6.30. The quantitative estimate of drug-likeness (QED) is 0.155. The van der Waals surface area contributed by atoms with Crippen LogP contribution in [0.1, 0.15) is 36.6 Å². The van der Waals surface area contributed by atoms with Gasteiger partial charge in [0.25, 0.3) is 5.91 Å². The third-order valence-electron chi connectivity index (χ3n) is 6.22. The molecule has 3 amide bonds. The van der Waals surface area contributed by atoms with E-state index >= 15 is 0 Å². The van der Waals surface area contributed by atoms with Gasteiger partial charge in [-0.3, -0.25) is 4.79 Å². The lowest BCUT2D eigenvalue weighted by molar-refractivity contribution is -0.139. The van der Waals surface area contributed by atoms with Crippen LogP contribution >= 0.6 is 11.6 Å². The van der Waals surface area contributed by atoms with Crippen LogP contribution in [0.5, 0.6) is 17.2 Å². The first-order chi connectivity index (χ1) is 20.8. The second-order valence-electron chi connectivity index (χ2n) is 9.27. The van der Waals surface area contributed by atoms with E-state index in [9.17, 15) is 14.4 Å². The summed E-state index contributed by atoms with van der Waals surface area (Å²) >= 11 is 5.92. The van der Waals surface area contributed by atoms with E-state index in [4.69, 9.17) is 30.5 Å². The Bertz CT molecular complexity index is 1540. The van der Waals surface area contributed by atoms with Crippen LogP contribution in [0.25, 0.3) is 0 Å². The molecule has 0 unspecified atom stereocenters. The first-order valence-corrected chi connectivity index (χ1v) is 13.7. The Kier molecular flexibility index (Phi) is 10.6. The van der Waals surface area contributed by atoms with Gasteiger partial charge in [0.15, 0.2) is 18.1 Å². The lowest BCUT2D eigenvalue weighted by atomic mass is 9.95. The van der Waals surface area contributed by atoms with Crippen LogP contribution in [0.3, 0.4) is 0 Å². The minimum atomic E-state index is -0.769. The van der Waals surface area contributed by atoms with Crippen molar-refractivity contribution < 1.29 is 33.3 Å². The molecule has 1 heterocycles. The number of amides is 3. The van der Waals surface area contributed by atoms with Crippen molar-refractivity contribution >= 4 is 35.7 Å². The standard InChI is InChI=1S/C31H31ClN4O7/c1-4-41-30(38)28-19(2)34-31(39)35-29(28)22-10-13-25(26(15-22)40-3)43-18-27(37)36-33-16-21-6-5-7-24(14-21)42-17-20-8-11-23(32)12-9-20/h5-16,29H,4,17-18H2,1-3H3,(H,36,37)(H2,34,35,39)/b33-16+/t29-/m1/s1. The Balaban J connectivity index is 1.33. The van der Waals surface area contributed by atoms with Gasteiger partial charge in [-0.15, -0.1) is 0 Å². The van der Waals surface area contributed by atoms with Crippen LogP contribution in [0.2, 0.25) is 5.02 Å². The van der Waals surface area contributed by atoms with Gasteiger partial charge in [-0.2, -0.15) is 5.10 Å². The number of nitrogens with zero attached hydrogens (tertiary/aromatic N) is 1. The minimum absolute atomic E-state index is 0.185.